The van der Waals surface area contributed by atoms with Crippen LogP contribution < -0.4 is 5.32 Å². The number of benzene rings is 1. The molecule has 0 aliphatic rings. The maximum Gasteiger partial charge on any atom is 0.269 e. The molecule has 1 aromatic carbocycles. The monoisotopic (exact) mass is 341 g/mol. The molecular formula is C18H19N3O2S. The molecule has 0 aliphatic heterocycles. The molecule has 1 N–H and O–H groups in total. The fraction of sp³-hybridized carbons (Fsp3) is 0.167. The van der Waals surface area contributed by atoms with Gasteiger partial charge in [-0.05, 0) is 43.3 Å². The van der Waals surface area contributed by atoms with Gasteiger partial charge in [-0.1, -0.05) is 24.3 Å². The van der Waals surface area contributed by atoms with Crippen molar-refractivity contribution in [2.24, 2.45) is 0 Å². The van der Waals surface area contributed by atoms with E-state index in [1.807, 2.05) is 44.3 Å². The number of nitrogens with zero attached hydrogens (tertiary/aromatic N) is 2. The summed E-state index contributed by atoms with van der Waals surface area (Å²) in [6.07, 6.45) is 4.60. The van der Waals surface area contributed by atoms with Gasteiger partial charge in [0.25, 0.3) is 10.0 Å². The van der Waals surface area contributed by atoms with Crippen LogP contribution in [0.15, 0.2) is 66.0 Å². The molecule has 0 bridgehead atoms. The lowest BCUT2D eigenvalue weighted by atomic mass is 10.1. The first-order valence-corrected chi connectivity index (χ1v) is 9.05. The molecule has 0 saturated carbocycles. The van der Waals surface area contributed by atoms with Crippen molar-refractivity contribution >= 4 is 10.0 Å². The molecule has 5 nitrogen and oxygen atoms in total. The minimum Gasteiger partial charge on any atom is -0.316 e. The van der Waals surface area contributed by atoms with E-state index in [0.29, 0.717) is 12.2 Å². The third-order valence-corrected chi connectivity index (χ3v) is 5.49. The Morgan fingerprint density at radius 2 is 1.96 bits per heavy atom. The van der Waals surface area contributed by atoms with Crippen LogP contribution in [0.1, 0.15) is 11.1 Å². The number of aromatic nitrogens is 2. The van der Waals surface area contributed by atoms with Crippen molar-refractivity contribution in [3.05, 3.63) is 72.2 Å². The molecule has 0 saturated heterocycles. The normalized spacial score (nSPS) is 11.6. The van der Waals surface area contributed by atoms with Crippen LogP contribution in [0.3, 0.4) is 0 Å². The van der Waals surface area contributed by atoms with Crippen LogP contribution in [0, 0.1) is 6.92 Å². The summed E-state index contributed by atoms with van der Waals surface area (Å²) in [6.45, 7) is 2.57. The highest BCUT2D eigenvalue weighted by molar-refractivity contribution is 7.90. The molecule has 0 unspecified atom stereocenters. The highest BCUT2D eigenvalue weighted by Gasteiger charge is 2.22. The molecule has 0 radical (unpaired) electrons. The molecule has 124 valence electrons. The van der Waals surface area contributed by atoms with Gasteiger partial charge in [0.2, 0.25) is 0 Å². The second-order valence-electron chi connectivity index (χ2n) is 5.57. The van der Waals surface area contributed by atoms with Crippen molar-refractivity contribution < 1.29 is 8.42 Å². The summed E-state index contributed by atoms with van der Waals surface area (Å²) in [5.41, 5.74) is 3.48. The number of hydrogen-bond acceptors (Lipinski definition) is 4. The van der Waals surface area contributed by atoms with E-state index in [1.165, 1.54) is 10.2 Å². The number of rotatable bonds is 5. The number of nitrogens with one attached hydrogen (secondary N) is 1. The van der Waals surface area contributed by atoms with E-state index >= 15 is 0 Å². The van der Waals surface area contributed by atoms with Crippen molar-refractivity contribution in [1.29, 1.82) is 0 Å². The smallest absolute Gasteiger partial charge is 0.269 e. The zero-order valence-electron chi connectivity index (χ0n) is 13.6. The van der Waals surface area contributed by atoms with Crippen LogP contribution in [0.5, 0.6) is 0 Å². The van der Waals surface area contributed by atoms with Crippen molar-refractivity contribution in [3.8, 4) is 11.3 Å². The molecule has 0 amide bonds. The maximum atomic E-state index is 13.1. The minimum absolute atomic E-state index is 0.173. The summed E-state index contributed by atoms with van der Waals surface area (Å²) < 4.78 is 27.5. The Bertz CT molecular complexity index is 947. The average molecular weight is 341 g/mol. The van der Waals surface area contributed by atoms with Crippen LogP contribution in [0.25, 0.3) is 11.3 Å². The Balaban J connectivity index is 2.23. The van der Waals surface area contributed by atoms with Gasteiger partial charge in [-0.15, -0.1) is 0 Å². The zero-order chi connectivity index (χ0) is 17.2. The predicted molar refractivity (Wildman–Crippen MR) is 94.2 cm³/mol. The maximum absolute atomic E-state index is 13.1. The Hall–Kier alpha value is -2.44. The first kappa shape index (κ1) is 16.4. The molecule has 2 aromatic heterocycles. The first-order chi connectivity index (χ1) is 11.5. The topological polar surface area (TPSA) is 64.0 Å². The summed E-state index contributed by atoms with van der Waals surface area (Å²) in [5.74, 6) is 0. The van der Waals surface area contributed by atoms with Gasteiger partial charge in [0.15, 0.2) is 0 Å². The highest BCUT2D eigenvalue weighted by atomic mass is 32.2. The van der Waals surface area contributed by atoms with Crippen LogP contribution in [0.2, 0.25) is 0 Å². The molecule has 2 heterocycles. The highest BCUT2D eigenvalue weighted by Crippen LogP contribution is 2.29. The average Bonchev–Trinajstić information content (AvgIpc) is 3.01. The van der Waals surface area contributed by atoms with Crippen LogP contribution in [-0.4, -0.2) is 24.4 Å². The molecule has 0 fully saturated rings. The molecule has 3 rings (SSSR count). The van der Waals surface area contributed by atoms with E-state index in [2.05, 4.69) is 10.3 Å². The van der Waals surface area contributed by atoms with Gasteiger partial charge in [0, 0.05) is 30.7 Å². The van der Waals surface area contributed by atoms with Crippen molar-refractivity contribution in [1.82, 2.24) is 14.3 Å². The number of aryl methyl sites for hydroxylation is 1. The van der Waals surface area contributed by atoms with Gasteiger partial charge < -0.3 is 5.32 Å². The largest absolute Gasteiger partial charge is 0.316 e. The lowest BCUT2D eigenvalue weighted by Gasteiger charge is -2.12. The van der Waals surface area contributed by atoms with Crippen LogP contribution in [0.4, 0.5) is 0 Å². The Kier molecular flexibility index (Phi) is 4.51. The van der Waals surface area contributed by atoms with E-state index in [9.17, 15) is 8.42 Å². The molecular weight excluding hydrogens is 322 g/mol. The van der Waals surface area contributed by atoms with Crippen LogP contribution in [-0.2, 0) is 16.6 Å². The van der Waals surface area contributed by atoms with Gasteiger partial charge in [0.1, 0.15) is 4.90 Å². The summed E-state index contributed by atoms with van der Waals surface area (Å²) in [4.78, 5) is 4.11. The summed E-state index contributed by atoms with van der Waals surface area (Å²) >= 11 is 0. The van der Waals surface area contributed by atoms with Crippen molar-refractivity contribution in [2.75, 3.05) is 7.05 Å². The molecule has 24 heavy (non-hydrogen) atoms. The van der Waals surface area contributed by atoms with Crippen LogP contribution >= 0.6 is 0 Å². The minimum atomic E-state index is -3.71. The van der Waals surface area contributed by atoms with Gasteiger partial charge in [-0.25, -0.2) is 12.4 Å². The third-order valence-electron chi connectivity index (χ3n) is 3.84. The van der Waals surface area contributed by atoms with E-state index < -0.39 is 10.0 Å². The predicted octanol–water partition coefficient (Wildman–Crippen LogP) is 2.81. The Labute approximate surface area is 142 Å². The van der Waals surface area contributed by atoms with Gasteiger partial charge >= 0.3 is 0 Å². The summed E-state index contributed by atoms with van der Waals surface area (Å²) in [6, 6.07) is 12.8. The fourth-order valence-electron chi connectivity index (χ4n) is 2.67. The first-order valence-electron chi connectivity index (χ1n) is 7.61. The molecule has 0 spiro atoms. The van der Waals surface area contributed by atoms with Gasteiger partial charge in [0.05, 0.1) is 5.69 Å². The third kappa shape index (κ3) is 2.98. The lowest BCUT2D eigenvalue weighted by molar-refractivity contribution is 0.587. The van der Waals surface area contributed by atoms with E-state index in [-0.39, 0.29) is 4.90 Å². The van der Waals surface area contributed by atoms with Gasteiger partial charge in [-0.2, -0.15) is 0 Å². The molecule has 6 heteroatoms. The summed E-state index contributed by atoms with van der Waals surface area (Å²) in [7, 11) is -1.87. The molecule has 3 aromatic rings. The number of pyridine rings is 1. The Morgan fingerprint density at radius 3 is 2.62 bits per heavy atom. The van der Waals surface area contributed by atoms with Crippen molar-refractivity contribution in [3.63, 3.8) is 0 Å². The van der Waals surface area contributed by atoms with E-state index in [1.54, 1.807) is 24.5 Å². The summed E-state index contributed by atoms with van der Waals surface area (Å²) in [5, 5.41) is 3.06. The SMILES string of the molecule is CNCc1cc(-c2ccccc2C)n(S(=O)(=O)c2cccnc2)c1. The standard InChI is InChI=1S/C18H19N3O2S/c1-14-6-3-4-8-17(14)18-10-15(11-19-2)13-21(18)24(22,23)16-7-5-9-20-12-16/h3-10,12-13,19H,11H2,1-2H3. The molecule has 0 atom stereocenters. The quantitative estimate of drug-likeness (QED) is 0.775. The van der Waals surface area contributed by atoms with E-state index in [0.717, 1.165) is 16.7 Å². The lowest BCUT2D eigenvalue weighted by Crippen LogP contribution is -2.14. The van der Waals surface area contributed by atoms with E-state index in [4.69, 9.17) is 0 Å². The van der Waals surface area contributed by atoms with Crippen molar-refractivity contribution in [2.45, 2.75) is 18.4 Å². The second-order valence-corrected chi connectivity index (χ2v) is 7.38. The fourth-order valence-corrected chi connectivity index (χ4v) is 4.02. The van der Waals surface area contributed by atoms with Gasteiger partial charge in [-0.3, -0.25) is 4.98 Å². The zero-order valence-corrected chi connectivity index (χ0v) is 14.4. The number of hydrogen-bond donors (Lipinski definition) is 1. The second kappa shape index (κ2) is 6.59. The Morgan fingerprint density at radius 1 is 1.17 bits per heavy atom. The molecule has 0 aliphatic carbocycles.